The van der Waals surface area contributed by atoms with E-state index < -0.39 is 0 Å². The van der Waals surface area contributed by atoms with Crippen LogP contribution in [0.15, 0.2) is 29.3 Å². The molecule has 0 radical (unpaired) electrons. The highest BCUT2D eigenvalue weighted by molar-refractivity contribution is 6.30. The minimum absolute atomic E-state index is 0.0795. The second kappa shape index (κ2) is 4.71. The van der Waals surface area contributed by atoms with Gasteiger partial charge in [0.05, 0.1) is 12.1 Å². The van der Waals surface area contributed by atoms with Crippen LogP contribution in [0, 0.1) is 5.92 Å². The number of nitrogens with two attached hydrogens (primary N) is 1. The van der Waals surface area contributed by atoms with Gasteiger partial charge in [0.1, 0.15) is 0 Å². The van der Waals surface area contributed by atoms with Crippen molar-refractivity contribution in [1.82, 2.24) is 0 Å². The van der Waals surface area contributed by atoms with Crippen LogP contribution in [0.25, 0.3) is 0 Å². The van der Waals surface area contributed by atoms with E-state index in [-0.39, 0.29) is 5.54 Å². The third kappa shape index (κ3) is 2.00. The van der Waals surface area contributed by atoms with Crippen molar-refractivity contribution in [3.63, 3.8) is 0 Å². The van der Waals surface area contributed by atoms with Gasteiger partial charge in [0, 0.05) is 10.7 Å². The molecule has 1 aromatic rings. The number of hydrogen-bond donors (Lipinski definition) is 1. The molecule has 2 atom stereocenters. The second-order valence-electron chi connectivity index (χ2n) is 5.74. The zero-order valence-corrected chi connectivity index (χ0v) is 12.0. The first-order valence-electron chi connectivity index (χ1n) is 6.99. The summed E-state index contributed by atoms with van der Waals surface area (Å²) >= 11 is 5.98. The molecule has 1 aliphatic heterocycles. The van der Waals surface area contributed by atoms with E-state index in [4.69, 9.17) is 17.3 Å². The van der Waals surface area contributed by atoms with Crippen LogP contribution in [0.1, 0.15) is 32.6 Å². The van der Waals surface area contributed by atoms with Gasteiger partial charge in [-0.05, 0) is 43.0 Å². The molecule has 1 heterocycles. The lowest BCUT2D eigenvalue weighted by Crippen LogP contribution is -2.57. The van der Waals surface area contributed by atoms with Crippen LogP contribution in [0.3, 0.4) is 0 Å². The summed E-state index contributed by atoms with van der Waals surface area (Å²) in [5.41, 5.74) is 7.35. The molecule has 1 spiro atoms. The summed E-state index contributed by atoms with van der Waals surface area (Å²) in [5, 5.41) is 0.754. The molecule has 2 unspecified atom stereocenters. The van der Waals surface area contributed by atoms with E-state index in [0.717, 1.165) is 17.3 Å². The number of nitrogens with zero attached hydrogens (tertiary/aromatic N) is 2. The summed E-state index contributed by atoms with van der Waals surface area (Å²) in [6.07, 6.45) is 5.00. The molecule has 0 saturated heterocycles. The number of hydrogen-bond acceptors (Lipinski definition) is 3. The van der Waals surface area contributed by atoms with Crippen LogP contribution in [0.5, 0.6) is 0 Å². The Labute approximate surface area is 119 Å². The standard InChI is InChI=1S/C15H20ClN3/c1-11-4-2-3-9-15(11)10-18-14(17)19(15)13-7-5-12(16)6-8-13/h5-8,11H,2-4,9-10H2,1H3,(H2,17,18). The van der Waals surface area contributed by atoms with Gasteiger partial charge in [-0.3, -0.25) is 4.99 Å². The lowest BCUT2D eigenvalue weighted by atomic mass is 9.73. The predicted octanol–water partition coefficient (Wildman–Crippen LogP) is 3.42. The first kappa shape index (κ1) is 12.8. The molecule has 3 rings (SSSR count). The molecule has 102 valence electrons. The third-order valence-electron chi connectivity index (χ3n) is 4.69. The van der Waals surface area contributed by atoms with Crippen molar-refractivity contribution in [1.29, 1.82) is 0 Å². The first-order valence-corrected chi connectivity index (χ1v) is 7.37. The van der Waals surface area contributed by atoms with E-state index in [9.17, 15) is 0 Å². The molecule has 2 aliphatic rings. The van der Waals surface area contributed by atoms with Crippen LogP contribution in [0.4, 0.5) is 5.69 Å². The van der Waals surface area contributed by atoms with Crippen molar-refractivity contribution >= 4 is 23.2 Å². The maximum Gasteiger partial charge on any atom is 0.196 e. The molecule has 4 heteroatoms. The Kier molecular flexibility index (Phi) is 3.17. The Bertz CT molecular complexity index is 497. The van der Waals surface area contributed by atoms with Crippen LogP contribution in [-0.4, -0.2) is 18.0 Å². The number of rotatable bonds is 1. The quantitative estimate of drug-likeness (QED) is 0.854. The summed E-state index contributed by atoms with van der Waals surface area (Å²) in [5.74, 6) is 1.26. The van der Waals surface area contributed by atoms with Gasteiger partial charge < -0.3 is 10.6 Å². The Morgan fingerprint density at radius 2 is 2.05 bits per heavy atom. The number of anilines is 1. The van der Waals surface area contributed by atoms with Crippen molar-refractivity contribution < 1.29 is 0 Å². The molecular weight excluding hydrogens is 258 g/mol. The second-order valence-corrected chi connectivity index (χ2v) is 6.17. The highest BCUT2D eigenvalue weighted by atomic mass is 35.5. The van der Waals surface area contributed by atoms with E-state index in [1.54, 1.807) is 0 Å². The van der Waals surface area contributed by atoms with E-state index in [2.05, 4.69) is 16.8 Å². The summed E-state index contributed by atoms with van der Waals surface area (Å²) in [7, 11) is 0. The lowest BCUT2D eigenvalue weighted by molar-refractivity contribution is 0.224. The van der Waals surface area contributed by atoms with Gasteiger partial charge in [-0.15, -0.1) is 0 Å². The molecule has 2 N–H and O–H groups in total. The Morgan fingerprint density at radius 3 is 2.74 bits per heavy atom. The van der Waals surface area contributed by atoms with Gasteiger partial charge in [0.2, 0.25) is 0 Å². The van der Waals surface area contributed by atoms with Crippen molar-refractivity contribution in [3.8, 4) is 0 Å². The largest absolute Gasteiger partial charge is 0.369 e. The maximum atomic E-state index is 6.16. The first-order chi connectivity index (χ1) is 9.13. The molecule has 1 fully saturated rings. The average Bonchev–Trinajstić information content (AvgIpc) is 2.73. The number of guanidine groups is 1. The molecule has 0 bridgehead atoms. The van der Waals surface area contributed by atoms with E-state index in [0.29, 0.717) is 11.9 Å². The highest BCUT2D eigenvalue weighted by Crippen LogP contribution is 2.43. The van der Waals surface area contributed by atoms with E-state index in [1.165, 1.54) is 25.7 Å². The Balaban J connectivity index is 2.00. The predicted molar refractivity (Wildman–Crippen MR) is 80.8 cm³/mol. The normalized spacial score (nSPS) is 30.7. The fourth-order valence-electron chi connectivity index (χ4n) is 3.53. The van der Waals surface area contributed by atoms with Crippen molar-refractivity contribution in [2.75, 3.05) is 11.4 Å². The van der Waals surface area contributed by atoms with Crippen molar-refractivity contribution in [3.05, 3.63) is 29.3 Å². The Hall–Kier alpha value is -1.22. The highest BCUT2D eigenvalue weighted by Gasteiger charge is 2.48. The number of benzene rings is 1. The van der Waals surface area contributed by atoms with Crippen molar-refractivity contribution in [2.45, 2.75) is 38.1 Å². The molecular formula is C15H20ClN3. The fraction of sp³-hybridized carbons (Fsp3) is 0.533. The third-order valence-corrected chi connectivity index (χ3v) is 4.94. The minimum atomic E-state index is 0.0795. The van der Waals surface area contributed by atoms with Gasteiger partial charge in [0.25, 0.3) is 0 Å². The van der Waals surface area contributed by atoms with Gasteiger partial charge >= 0.3 is 0 Å². The van der Waals surface area contributed by atoms with Crippen LogP contribution in [0.2, 0.25) is 5.02 Å². The smallest absolute Gasteiger partial charge is 0.196 e. The van der Waals surface area contributed by atoms with Crippen LogP contribution in [-0.2, 0) is 0 Å². The minimum Gasteiger partial charge on any atom is -0.369 e. The zero-order chi connectivity index (χ0) is 13.5. The average molecular weight is 278 g/mol. The monoisotopic (exact) mass is 277 g/mol. The van der Waals surface area contributed by atoms with Gasteiger partial charge in [-0.25, -0.2) is 0 Å². The molecule has 0 amide bonds. The SMILES string of the molecule is CC1CCCCC12CN=C(N)N2c1ccc(Cl)cc1. The summed E-state index contributed by atoms with van der Waals surface area (Å²) < 4.78 is 0. The van der Waals surface area contributed by atoms with Gasteiger partial charge in [0.15, 0.2) is 5.96 Å². The van der Waals surface area contributed by atoms with Gasteiger partial charge in [-0.1, -0.05) is 31.4 Å². The van der Waals surface area contributed by atoms with Crippen LogP contribution >= 0.6 is 11.6 Å². The van der Waals surface area contributed by atoms with Gasteiger partial charge in [-0.2, -0.15) is 0 Å². The molecule has 1 saturated carbocycles. The lowest BCUT2D eigenvalue weighted by Gasteiger charge is -2.46. The molecule has 1 aliphatic carbocycles. The maximum absolute atomic E-state index is 6.16. The summed E-state index contributed by atoms with van der Waals surface area (Å²) in [6, 6.07) is 7.92. The van der Waals surface area contributed by atoms with E-state index >= 15 is 0 Å². The number of halogens is 1. The summed E-state index contributed by atoms with van der Waals surface area (Å²) in [4.78, 5) is 6.77. The number of aliphatic imine (C=N–C) groups is 1. The topological polar surface area (TPSA) is 41.6 Å². The Morgan fingerprint density at radius 1 is 1.32 bits per heavy atom. The fourth-order valence-corrected chi connectivity index (χ4v) is 3.66. The zero-order valence-electron chi connectivity index (χ0n) is 11.3. The van der Waals surface area contributed by atoms with E-state index in [1.807, 2.05) is 24.3 Å². The summed E-state index contributed by atoms with van der Waals surface area (Å²) in [6.45, 7) is 3.15. The molecule has 19 heavy (non-hydrogen) atoms. The molecule has 1 aromatic carbocycles. The molecule has 0 aromatic heterocycles. The van der Waals surface area contributed by atoms with Crippen molar-refractivity contribution in [2.24, 2.45) is 16.6 Å². The van der Waals surface area contributed by atoms with Crippen LogP contribution < -0.4 is 10.6 Å². The molecule has 3 nitrogen and oxygen atoms in total.